The molecule has 0 fully saturated rings. The van der Waals surface area contributed by atoms with Crippen molar-refractivity contribution >= 4 is 0 Å². The number of hydrogen-bond donors (Lipinski definition) is 0. The fourth-order valence-corrected chi connectivity index (χ4v) is 1.74. The Morgan fingerprint density at radius 3 is 2.19 bits per heavy atom. The maximum absolute atomic E-state index is 5.57. The quantitative estimate of drug-likeness (QED) is 0.658. The van der Waals surface area contributed by atoms with Crippen LogP contribution in [0.5, 0.6) is 5.75 Å². The summed E-state index contributed by atoms with van der Waals surface area (Å²) in [5.41, 5.74) is 1.38. The molecular formula is C15H26O. The highest BCUT2D eigenvalue weighted by Gasteiger charge is 2.25. The topological polar surface area (TPSA) is 9.23 Å². The lowest BCUT2D eigenvalue weighted by Gasteiger charge is -2.11. The van der Waals surface area contributed by atoms with E-state index < -0.39 is 0 Å². The molecule has 0 saturated carbocycles. The van der Waals surface area contributed by atoms with E-state index in [-0.39, 0.29) is 0 Å². The van der Waals surface area contributed by atoms with Gasteiger partial charge in [-0.05, 0) is 12.0 Å². The molecule has 1 nitrogen and oxygen atoms in total. The van der Waals surface area contributed by atoms with Crippen molar-refractivity contribution < 1.29 is 4.74 Å². The molecule has 0 bridgehead atoms. The Hall–Kier alpha value is -0.980. The van der Waals surface area contributed by atoms with Crippen LogP contribution in [0, 0.1) is 5.92 Å². The lowest BCUT2D eigenvalue weighted by molar-refractivity contribution is 0.304. The standard InChI is InChI=1S/C11H14O.2C2H6/c1-8(2)10-7-12-11-6-4-3-5-9(10)11;2*1-2/h3-6,8,10H,7H2,1-2H3;2*1-2H3. The lowest BCUT2D eigenvalue weighted by atomic mass is 9.90. The van der Waals surface area contributed by atoms with E-state index in [1.54, 1.807) is 0 Å². The van der Waals surface area contributed by atoms with E-state index in [4.69, 9.17) is 4.74 Å². The summed E-state index contributed by atoms with van der Waals surface area (Å²) in [4.78, 5) is 0. The maximum Gasteiger partial charge on any atom is 0.122 e. The smallest absolute Gasteiger partial charge is 0.122 e. The first-order chi connectivity index (χ1) is 7.79. The monoisotopic (exact) mass is 222 g/mol. The van der Waals surface area contributed by atoms with Gasteiger partial charge in [0, 0.05) is 11.5 Å². The molecule has 1 aliphatic rings. The number of benzene rings is 1. The number of para-hydroxylation sites is 1. The van der Waals surface area contributed by atoms with Gasteiger partial charge in [0.25, 0.3) is 0 Å². The van der Waals surface area contributed by atoms with Gasteiger partial charge in [-0.25, -0.2) is 0 Å². The third kappa shape index (κ3) is 3.55. The van der Waals surface area contributed by atoms with Gasteiger partial charge in [0.1, 0.15) is 5.75 Å². The molecule has 0 saturated heterocycles. The summed E-state index contributed by atoms with van der Waals surface area (Å²) in [6.07, 6.45) is 0. The zero-order valence-corrected chi connectivity index (χ0v) is 11.6. The Bertz CT molecular complexity index is 279. The molecule has 1 heterocycles. The van der Waals surface area contributed by atoms with Crippen LogP contribution < -0.4 is 4.74 Å². The maximum atomic E-state index is 5.57. The largest absolute Gasteiger partial charge is 0.493 e. The third-order valence-corrected chi connectivity index (χ3v) is 2.54. The molecule has 1 atom stereocenters. The summed E-state index contributed by atoms with van der Waals surface area (Å²) in [5, 5.41) is 0. The first kappa shape index (κ1) is 15.0. The highest BCUT2D eigenvalue weighted by Crippen LogP contribution is 2.37. The summed E-state index contributed by atoms with van der Waals surface area (Å²) in [5.74, 6) is 2.35. The van der Waals surface area contributed by atoms with Crippen LogP contribution in [0.3, 0.4) is 0 Å². The molecule has 1 unspecified atom stereocenters. The van der Waals surface area contributed by atoms with E-state index in [1.807, 2.05) is 33.8 Å². The summed E-state index contributed by atoms with van der Waals surface area (Å²) in [6, 6.07) is 8.34. The van der Waals surface area contributed by atoms with E-state index in [9.17, 15) is 0 Å². The van der Waals surface area contributed by atoms with E-state index in [1.165, 1.54) is 5.56 Å². The zero-order chi connectivity index (χ0) is 12.6. The van der Waals surface area contributed by atoms with Crippen LogP contribution in [0.2, 0.25) is 0 Å². The minimum absolute atomic E-state index is 0.598. The van der Waals surface area contributed by atoms with Crippen molar-refractivity contribution in [3.05, 3.63) is 29.8 Å². The number of ether oxygens (including phenoxy) is 1. The molecular weight excluding hydrogens is 196 g/mol. The second kappa shape index (κ2) is 8.20. The van der Waals surface area contributed by atoms with Crippen LogP contribution in [-0.4, -0.2) is 6.61 Å². The van der Waals surface area contributed by atoms with Crippen LogP contribution in [0.15, 0.2) is 24.3 Å². The molecule has 0 radical (unpaired) electrons. The van der Waals surface area contributed by atoms with Crippen molar-refractivity contribution in [1.29, 1.82) is 0 Å². The summed E-state index contributed by atoms with van der Waals surface area (Å²) < 4.78 is 5.57. The first-order valence-electron chi connectivity index (χ1n) is 6.51. The van der Waals surface area contributed by atoms with Gasteiger partial charge in [-0.1, -0.05) is 59.7 Å². The van der Waals surface area contributed by atoms with E-state index in [0.717, 1.165) is 12.4 Å². The van der Waals surface area contributed by atoms with Crippen molar-refractivity contribution in [2.45, 2.75) is 47.5 Å². The molecule has 1 aliphatic heterocycles. The SMILES string of the molecule is CC.CC.CC(C)C1COc2ccccc21. The number of hydrogen-bond acceptors (Lipinski definition) is 1. The predicted molar refractivity (Wildman–Crippen MR) is 72.2 cm³/mol. The summed E-state index contributed by atoms with van der Waals surface area (Å²) in [6.45, 7) is 13.4. The molecule has 16 heavy (non-hydrogen) atoms. The van der Waals surface area contributed by atoms with Gasteiger partial charge in [0.2, 0.25) is 0 Å². The van der Waals surface area contributed by atoms with Gasteiger partial charge in [0.15, 0.2) is 0 Å². The normalized spacial score (nSPS) is 16.3. The highest BCUT2D eigenvalue weighted by molar-refractivity contribution is 5.39. The average Bonchev–Trinajstić information content (AvgIpc) is 2.78. The van der Waals surface area contributed by atoms with Gasteiger partial charge in [-0.15, -0.1) is 0 Å². The fourth-order valence-electron chi connectivity index (χ4n) is 1.74. The number of fused-ring (bicyclic) bond motifs is 1. The fraction of sp³-hybridized carbons (Fsp3) is 0.600. The van der Waals surface area contributed by atoms with Gasteiger partial charge < -0.3 is 4.74 Å². The van der Waals surface area contributed by atoms with Crippen molar-refractivity contribution in [1.82, 2.24) is 0 Å². The van der Waals surface area contributed by atoms with Crippen LogP contribution >= 0.6 is 0 Å². The predicted octanol–water partition coefficient (Wildman–Crippen LogP) is 4.87. The van der Waals surface area contributed by atoms with Gasteiger partial charge in [0.05, 0.1) is 6.61 Å². The molecule has 0 N–H and O–H groups in total. The molecule has 0 aliphatic carbocycles. The minimum Gasteiger partial charge on any atom is -0.493 e. The first-order valence-corrected chi connectivity index (χ1v) is 6.51. The zero-order valence-electron chi connectivity index (χ0n) is 11.6. The van der Waals surface area contributed by atoms with E-state index in [0.29, 0.717) is 11.8 Å². The Kier molecular flexibility index (Phi) is 7.70. The highest BCUT2D eigenvalue weighted by atomic mass is 16.5. The summed E-state index contributed by atoms with van der Waals surface area (Å²) >= 11 is 0. The molecule has 1 aromatic rings. The molecule has 0 spiro atoms. The third-order valence-electron chi connectivity index (χ3n) is 2.54. The van der Waals surface area contributed by atoms with E-state index in [2.05, 4.69) is 32.0 Å². The number of rotatable bonds is 1. The summed E-state index contributed by atoms with van der Waals surface area (Å²) in [7, 11) is 0. The molecule has 92 valence electrons. The van der Waals surface area contributed by atoms with Crippen LogP contribution in [-0.2, 0) is 0 Å². The Labute approximate surface area is 101 Å². The van der Waals surface area contributed by atoms with Crippen molar-refractivity contribution in [3.8, 4) is 5.75 Å². The molecule has 0 amide bonds. The molecule has 1 heteroatoms. The van der Waals surface area contributed by atoms with Gasteiger partial charge in [-0.3, -0.25) is 0 Å². The van der Waals surface area contributed by atoms with Crippen LogP contribution in [0.4, 0.5) is 0 Å². The molecule has 0 aromatic heterocycles. The Balaban J connectivity index is 0.000000509. The van der Waals surface area contributed by atoms with Gasteiger partial charge in [-0.2, -0.15) is 0 Å². The lowest BCUT2D eigenvalue weighted by Crippen LogP contribution is -2.07. The van der Waals surface area contributed by atoms with Gasteiger partial charge >= 0.3 is 0 Å². The van der Waals surface area contributed by atoms with Crippen molar-refractivity contribution in [3.63, 3.8) is 0 Å². The van der Waals surface area contributed by atoms with Crippen molar-refractivity contribution in [2.24, 2.45) is 5.92 Å². The second-order valence-electron chi connectivity index (χ2n) is 3.70. The Morgan fingerprint density at radius 1 is 1.06 bits per heavy atom. The second-order valence-corrected chi connectivity index (χ2v) is 3.70. The molecule has 1 aromatic carbocycles. The molecule has 2 rings (SSSR count). The van der Waals surface area contributed by atoms with Crippen molar-refractivity contribution in [2.75, 3.05) is 6.61 Å². The minimum atomic E-state index is 0.598. The average molecular weight is 222 g/mol. The van der Waals surface area contributed by atoms with Crippen LogP contribution in [0.25, 0.3) is 0 Å². The Morgan fingerprint density at radius 2 is 1.62 bits per heavy atom. The van der Waals surface area contributed by atoms with Crippen LogP contribution in [0.1, 0.15) is 53.0 Å². The van der Waals surface area contributed by atoms with E-state index >= 15 is 0 Å².